The number of anilines is 1. The molecular weight excluding hydrogens is 276 g/mol. The van der Waals surface area contributed by atoms with Crippen molar-refractivity contribution in [3.63, 3.8) is 0 Å². The zero-order chi connectivity index (χ0) is 14.5. The molecule has 0 atom stereocenters. The summed E-state index contributed by atoms with van der Waals surface area (Å²) < 4.78 is 0. The van der Waals surface area contributed by atoms with Crippen LogP contribution >= 0.6 is 11.3 Å². The van der Waals surface area contributed by atoms with Gasteiger partial charge in [-0.15, -0.1) is 11.3 Å². The summed E-state index contributed by atoms with van der Waals surface area (Å²) >= 11 is 1.54. The van der Waals surface area contributed by atoms with E-state index in [-0.39, 0.29) is 11.3 Å². The summed E-state index contributed by atoms with van der Waals surface area (Å²) in [5, 5.41) is 16.3. The maximum atomic E-state index is 11.8. The van der Waals surface area contributed by atoms with Gasteiger partial charge in [-0.25, -0.2) is 9.59 Å². The van der Waals surface area contributed by atoms with Crippen molar-refractivity contribution in [2.45, 2.75) is 13.5 Å². The van der Waals surface area contributed by atoms with Crippen molar-refractivity contribution in [1.82, 2.24) is 5.32 Å². The fourth-order valence-electron chi connectivity index (χ4n) is 1.69. The summed E-state index contributed by atoms with van der Waals surface area (Å²) in [7, 11) is 0. The normalized spacial score (nSPS) is 10.1. The Kier molecular flexibility index (Phi) is 4.37. The van der Waals surface area contributed by atoms with Crippen LogP contribution in [0.4, 0.5) is 10.5 Å². The van der Waals surface area contributed by atoms with Crippen molar-refractivity contribution < 1.29 is 14.7 Å². The molecule has 6 heteroatoms. The largest absolute Gasteiger partial charge is 0.478 e. The molecule has 0 radical (unpaired) electrons. The molecule has 5 nitrogen and oxygen atoms in total. The average Bonchev–Trinajstić information content (AvgIpc) is 2.91. The predicted molar refractivity (Wildman–Crippen MR) is 78.3 cm³/mol. The van der Waals surface area contributed by atoms with Gasteiger partial charge in [0.25, 0.3) is 0 Å². The molecular formula is C14H14N2O3S. The van der Waals surface area contributed by atoms with Crippen LogP contribution in [0.2, 0.25) is 0 Å². The van der Waals surface area contributed by atoms with E-state index in [4.69, 9.17) is 5.11 Å². The number of hydrogen-bond donors (Lipinski definition) is 3. The number of aromatic carboxylic acids is 1. The van der Waals surface area contributed by atoms with Crippen LogP contribution in [-0.4, -0.2) is 17.1 Å². The van der Waals surface area contributed by atoms with Crippen LogP contribution < -0.4 is 10.6 Å². The maximum Gasteiger partial charge on any atom is 0.337 e. The summed E-state index contributed by atoms with van der Waals surface area (Å²) in [6.07, 6.45) is 0. The molecule has 1 aromatic heterocycles. The Morgan fingerprint density at radius 2 is 2.10 bits per heavy atom. The highest BCUT2D eigenvalue weighted by Gasteiger charge is 2.12. The number of aryl methyl sites for hydroxylation is 1. The van der Waals surface area contributed by atoms with Crippen LogP contribution in [0, 0.1) is 6.92 Å². The fraction of sp³-hybridized carbons (Fsp3) is 0.143. The van der Waals surface area contributed by atoms with E-state index < -0.39 is 12.0 Å². The first-order valence-electron chi connectivity index (χ1n) is 5.97. The first kappa shape index (κ1) is 14.1. The van der Waals surface area contributed by atoms with Crippen molar-refractivity contribution >= 4 is 29.0 Å². The monoisotopic (exact) mass is 290 g/mol. The molecule has 2 amide bonds. The number of benzene rings is 1. The molecule has 104 valence electrons. The van der Waals surface area contributed by atoms with Crippen molar-refractivity contribution in [3.05, 3.63) is 51.7 Å². The van der Waals surface area contributed by atoms with E-state index >= 15 is 0 Å². The number of rotatable bonds is 4. The van der Waals surface area contributed by atoms with Crippen LogP contribution in [-0.2, 0) is 6.54 Å². The van der Waals surface area contributed by atoms with Crippen molar-refractivity contribution in [1.29, 1.82) is 0 Å². The van der Waals surface area contributed by atoms with Gasteiger partial charge in [0.15, 0.2) is 0 Å². The molecule has 2 aromatic rings. The van der Waals surface area contributed by atoms with E-state index in [1.165, 1.54) is 6.07 Å². The van der Waals surface area contributed by atoms with Crippen LogP contribution in [0.15, 0.2) is 35.7 Å². The highest BCUT2D eigenvalue weighted by atomic mass is 32.1. The third-order valence-electron chi connectivity index (χ3n) is 2.66. The smallest absolute Gasteiger partial charge is 0.337 e. The summed E-state index contributed by atoms with van der Waals surface area (Å²) in [6.45, 7) is 2.21. The quantitative estimate of drug-likeness (QED) is 0.809. The Balaban J connectivity index is 2.02. The highest BCUT2D eigenvalue weighted by molar-refractivity contribution is 7.09. The van der Waals surface area contributed by atoms with Gasteiger partial charge < -0.3 is 15.7 Å². The molecule has 0 spiro atoms. The summed E-state index contributed by atoms with van der Waals surface area (Å²) in [6, 6.07) is 8.26. The lowest BCUT2D eigenvalue weighted by Gasteiger charge is -2.10. The van der Waals surface area contributed by atoms with Gasteiger partial charge in [0.2, 0.25) is 0 Å². The van der Waals surface area contributed by atoms with Gasteiger partial charge in [0, 0.05) is 4.88 Å². The van der Waals surface area contributed by atoms with Gasteiger partial charge in [0.1, 0.15) is 0 Å². The van der Waals surface area contributed by atoms with E-state index in [9.17, 15) is 9.59 Å². The second kappa shape index (κ2) is 6.21. The van der Waals surface area contributed by atoms with Crippen LogP contribution in [0.1, 0.15) is 20.8 Å². The van der Waals surface area contributed by atoms with Crippen LogP contribution in [0.5, 0.6) is 0 Å². The van der Waals surface area contributed by atoms with E-state index in [2.05, 4.69) is 10.6 Å². The SMILES string of the molecule is Cc1ccc(NC(=O)NCc2cccs2)c(C(=O)O)c1. The molecule has 0 aliphatic carbocycles. The number of carbonyl (C=O) groups is 2. The number of carbonyl (C=O) groups excluding carboxylic acids is 1. The Morgan fingerprint density at radius 1 is 1.30 bits per heavy atom. The minimum Gasteiger partial charge on any atom is -0.478 e. The summed E-state index contributed by atoms with van der Waals surface area (Å²) in [5.74, 6) is -1.07. The third kappa shape index (κ3) is 3.58. The van der Waals surface area contributed by atoms with E-state index in [0.717, 1.165) is 10.4 Å². The van der Waals surface area contributed by atoms with Crippen molar-refractivity contribution in [2.75, 3.05) is 5.32 Å². The van der Waals surface area contributed by atoms with E-state index in [1.54, 1.807) is 30.4 Å². The van der Waals surface area contributed by atoms with Crippen molar-refractivity contribution in [3.8, 4) is 0 Å². The van der Waals surface area contributed by atoms with Crippen LogP contribution in [0.25, 0.3) is 0 Å². The molecule has 2 rings (SSSR count). The second-order valence-corrected chi connectivity index (χ2v) is 5.27. The van der Waals surface area contributed by atoms with E-state index in [0.29, 0.717) is 6.54 Å². The molecule has 0 bridgehead atoms. The van der Waals surface area contributed by atoms with Gasteiger partial charge in [-0.2, -0.15) is 0 Å². The summed E-state index contributed by atoms with van der Waals surface area (Å²) in [5.41, 5.74) is 1.19. The molecule has 3 N–H and O–H groups in total. The van der Waals surface area contributed by atoms with Gasteiger partial charge in [0.05, 0.1) is 17.8 Å². The predicted octanol–water partition coefficient (Wildman–Crippen LogP) is 3.08. The number of amides is 2. The van der Waals surface area contributed by atoms with Gasteiger partial charge in [-0.1, -0.05) is 17.7 Å². The van der Waals surface area contributed by atoms with Crippen molar-refractivity contribution in [2.24, 2.45) is 0 Å². The number of urea groups is 1. The Labute approximate surface area is 120 Å². The topological polar surface area (TPSA) is 78.4 Å². The Hall–Kier alpha value is -2.34. The molecule has 1 aromatic carbocycles. The lowest BCUT2D eigenvalue weighted by atomic mass is 10.1. The minimum atomic E-state index is -1.07. The Morgan fingerprint density at radius 3 is 2.75 bits per heavy atom. The fourth-order valence-corrected chi connectivity index (χ4v) is 2.34. The molecule has 0 aliphatic rings. The molecule has 1 heterocycles. The number of carboxylic acids is 1. The molecule has 20 heavy (non-hydrogen) atoms. The maximum absolute atomic E-state index is 11.8. The van der Waals surface area contributed by atoms with Gasteiger partial charge in [-0.05, 0) is 30.5 Å². The molecule has 0 saturated carbocycles. The average molecular weight is 290 g/mol. The number of hydrogen-bond acceptors (Lipinski definition) is 3. The third-order valence-corrected chi connectivity index (χ3v) is 3.53. The zero-order valence-corrected chi connectivity index (χ0v) is 11.7. The standard InChI is InChI=1S/C14H14N2O3S/c1-9-4-5-12(11(7-9)13(17)18)16-14(19)15-8-10-3-2-6-20-10/h2-7H,8H2,1H3,(H,17,18)(H2,15,16,19). The lowest BCUT2D eigenvalue weighted by molar-refractivity contribution is 0.0698. The Bertz CT molecular complexity index is 623. The van der Waals surface area contributed by atoms with Crippen LogP contribution in [0.3, 0.4) is 0 Å². The molecule has 0 aliphatic heterocycles. The molecule has 0 fully saturated rings. The lowest BCUT2D eigenvalue weighted by Crippen LogP contribution is -2.28. The number of nitrogens with one attached hydrogen (secondary N) is 2. The van der Waals surface area contributed by atoms with E-state index in [1.807, 2.05) is 17.5 Å². The first-order chi connectivity index (χ1) is 9.56. The number of carboxylic acid groups (broad SMARTS) is 1. The molecule has 0 unspecified atom stereocenters. The van der Waals surface area contributed by atoms with Gasteiger partial charge in [-0.3, -0.25) is 0 Å². The number of thiophene rings is 1. The van der Waals surface area contributed by atoms with Gasteiger partial charge >= 0.3 is 12.0 Å². The molecule has 0 saturated heterocycles. The first-order valence-corrected chi connectivity index (χ1v) is 6.85. The second-order valence-electron chi connectivity index (χ2n) is 4.24. The highest BCUT2D eigenvalue weighted by Crippen LogP contribution is 2.17. The summed E-state index contributed by atoms with van der Waals surface area (Å²) in [4.78, 5) is 23.9. The minimum absolute atomic E-state index is 0.0799. The zero-order valence-electron chi connectivity index (χ0n) is 10.8.